The van der Waals surface area contributed by atoms with Gasteiger partial charge in [0.25, 0.3) is 0 Å². The van der Waals surface area contributed by atoms with Gasteiger partial charge >= 0.3 is 0 Å². The second-order valence-corrected chi connectivity index (χ2v) is 5.89. The van der Waals surface area contributed by atoms with E-state index in [0.29, 0.717) is 6.04 Å². The minimum Gasteiger partial charge on any atom is -0.310 e. The van der Waals surface area contributed by atoms with Gasteiger partial charge in [0.05, 0.1) is 0 Å². The van der Waals surface area contributed by atoms with Gasteiger partial charge in [-0.05, 0) is 36.8 Å². The average molecular weight is 257 g/mol. The van der Waals surface area contributed by atoms with Gasteiger partial charge in [-0.1, -0.05) is 62.6 Å². The van der Waals surface area contributed by atoms with Crippen LogP contribution in [0.5, 0.6) is 0 Å². The lowest BCUT2D eigenvalue weighted by atomic mass is 9.92. The summed E-state index contributed by atoms with van der Waals surface area (Å²) in [6.45, 7) is 7.44. The van der Waals surface area contributed by atoms with Crippen LogP contribution in [0.15, 0.2) is 36.9 Å². The van der Waals surface area contributed by atoms with Crippen molar-refractivity contribution in [1.29, 1.82) is 0 Å². The fourth-order valence-corrected chi connectivity index (χ4v) is 3.04. The van der Waals surface area contributed by atoms with Crippen LogP contribution in [-0.2, 0) is 0 Å². The highest BCUT2D eigenvalue weighted by atomic mass is 14.9. The summed E-state index contributed by atoms with van der Waals surface area (Å²) < 4.78 is 0. The predicted molar refractivity (Wildman–Crippen MR) is 84.1 cm³/mol. The first-order valence-corrected chi connectivity index (χ1v) is 7.74. The van der Waals surface area contributed by atoms with Crippen molar-refractivity contribution >= 4 is 5.57 Å². The molecule has 1 fully saturated rings. The minimum absolute atomic E-state index is 0.610. The minimum atomic E-state index is 0.610. The molecule has 0 saturated heterocycles. The van der Waals surface area contributed by atoms with Crippen molar-refractivity contribution in [2.24, 2.45) is 5.92 Å². The SMILES string of the molecule is C=C(CN[C@@H](C)C1CCCCCC1)c1ccccc1. The molecule has 0 aliphatic heterocycles. The highest BCUT2D eigenvalue weighted by molar-refractivity contribution is 5.64. The molecule has 104 valence electrons. The summed E-state index contributed by atoms with van der Waals surface area (Å²) in [6, 6.07) is 11.1. The second-order valence-electron chi connectivity index (χ2n) is 5.89. The predicted octanol–water partition coefficient (Wildman–Crippen LogP) is 4.65. The van der Waals surface area contributed by atoms with Crippen LogP contribution in [0.1, 0.15) is 51.0 Å². The van der Waals surface area contributed by atoms with Crippen molar-refractivity contribution in [2.75, 3.05) is 6.54 Å². The monoisotopic (exact) mass is 257 g/mol. The molecule has 0 unspecified atom stereocenters. The molecule has 19 heavy (non-hydrogen) atoms. The Morgan fingerprint density at radius 2 is 1.79 bits per heavy atom. The molecule has 1 atom stereocenters. The van der Waals surface area contributed by atoms with E-state index in [1.165, 1.54) is 49.7 Å². The summed E-state index contributed by atoms with van der Waals surface area (Å²) in [4.78, 5) is 0. The average Bonchev–Trinajstić information content (AvgIpc) is 2.74. The van der Waals surface area contributed by atoms with Crippen LogP contribution in [0.4, 0.5) is 0 Å². The van der Waals surface area contributed by atoms with Crippen LogP contribution in [0.25, 0.3) is 5.57 Å². The third-order valence-electron chi connectivity index (χ3n) is 4.43. The van der Waals surface area contributed by atoms with Crippen LogP contribution in [0.3, 0.4) is 0 Å². The van der Waals surface area contributed by atoms with E-state index in [2.05, 4.69) is 49.2 Å². The maximum Gasteiger partial charge on any atom is 0.0208 e. The van der Waals surface area contributed by atoms with Crippen molar-refractivity contribution in [3.63, 3.8) is 0 Å². The molecular formula is C18H27N. The Kier molecular flexibility index (Phi) is 5.65. The van der Waals surface area contributed by atoms with Crippen molar-refractivity contribution < 1.29 is 0 Å². The molecule has 0 radical (unpaired) electrons. The quantitative estimate of drug-likeness (QED) is 0.757. The Hall–Kier alpha value is -1.08. The Morgan fingerprint density at radius 1 is 1.16 bits per heavy atom. The first-order valence-electron chi connectivity index (χ1n) is 7.74. The van der Waals surface area contributed by atoms with Crippen LogP contribution in [-0.4, -0.2) is 12.6 Å². The Balaban J connectivity index is 1.79. The van der Waals surface area contributed by atoms with E-state index in [9.17, 15) is 0 Å². The number of hydrogen-bond donors (Lipinski definition) is 1. The summed E-state index contributed by atoms with van der Waals surface area (Å²) in [5.41, 5.74) is 2.45. The Labute approximate surface area is 118 Å². The maximum atomic E-state index is 4.20. The summed E-state index contributed by atoms with van der Waals surface area (Å²) in [5, 5.41) is 3.68. The molecule has 0 heterocycles. The third kappa shape index (κ3) is 4.50. The standard InChI is InChI=1S/C18H27N/c1-15(17-10-8-5-9-11-17)14-19-16(2)18-12-6-3-4-7-13-18/h5,8-11,16,18-19H,1,3-4,6-7,12-14H2,2H3/t16-/m0/s1. The zero-order valence-corrected chi connectivity index (χ0v) is 12.2. The van der Waals surface area contributed by atoms with Crippen LogP contribution >= 0.6 is 0 Å². The lowest BCUT2D eigenvalue weighted by Gasteiger charge is -2.24. The molecule has 1 saturated carbocycles. The van der Waals surface area contributed by atoms with Gasteiger partial charge in [0, 0.05) is 12.6 Å². The number of rotatable bonds is 5. The second kappa shape index (κ2) is 7.49. The fraction of sp³-hybridized carbons (Fsp3) is 0.556. The van der Waals surface area contributed by atoms with E-state index in [4.69, 9.17) is 0 Å². The van der Waals surface area contributed by atoms with Gasteiger partial charge in [0.2, 0.25) is 0 Å². The number of nitrogens with one attached hydrogen (secondary N) is 1. The molecule has 1 heteroatoms. The molecular weight excluding hydrogens is 230 g/mol. The topological polar surface area (TPSA) is 12.0 Å². The van der Waals surface area contributed by atoms with Crippen molar-refractivity contribution in [2.45, 2.75) is 51.5 Å². The molecule has 0 spiro atoms. The number of hydrogen-bond acceptors (Lipinski definition) is 1. The van der Waals surface area contributed by atoms with E-state index in [1.54, 1.807) is 0 Å². The van der Waals surface area contributed by atoms with Gasteiger partial charge in [-0.3, -0.25) is 0 Å². The van der Waals surface area contributed by atoms with Gasteiger partial charge < -0.3 is 5.32 Å². The summed E-state index contributed by atoms with van der Waals surface area (Å²) in [5.74, 6) is 0.853. The van der Waals surface area contributed by atoms with E-state index in [0.717, 1.165) is 12.5 Å². The molecule has 1 aromatic carbocycles. The summed E-state index contributed by atoms with van der Waals surface area (Å²) in [7, 11) is 0. The Bertz CT molecular complexity index is 374. The highest BCUT2D eigenvalue weighted by Gasteiger charge is 2.18. The normalized spacial score (nSPS) is 18.8. The molecule has 1 aromatic rings. The van der Waals surface area contributed by atoms with Crippen molar-refractivity contribution in [3.05, 3.63) is 42.5 Å². The van der Waals surface area contributed by atoms with Gasteiger partial charge in [-0.2, -0.15) is 0 Å². The Morgan fingerprint density at radius 3 is 2.42 bits per heavy atom. The van der Waals surface area contributed by atoms with Crippen molar-refractivity contribution in [3.8, 4) is 0 Å². The molecule has 0 bridgehead atoms. The van der Waals surface area contributed by atoms with Crippen molar-refractivity contribution in [1.82, 2.24) is 5.32 Å². The van der Waals surface area contributed by atoms with Crippen LogP contribution in [0.2, 0.25) is 0 Å². The van der Waals surface area contributed by atoms with E-state index >= 15 is 0 Å². The van der Waals surface area contributed by atoms with Gasteiger partial charge in [-0.15, -0.1) is 0 Å². The van der Waals surface area contributed by atoms with Gasteiger partial charge in [0.15, 0.2) is 0 Å². The first-order chi connectivity index (χ1) is 9.27. The summed E-state index contributed by atoms with van der Waals surface area (Å²) >= 11 is 0. The number of benzene rings is 1. The molecule has 0 amide bonds. The van der Waals surface area contributed by atoms with Gasteiger partial charge in [0.1, 0.15) is 0 Å². The zero-order chi connectivity index (χ0) is 13.5. The first kappa shape index (κ1) is 14.3. The lowest BCUT2D eigenvalue weighted by Crippen LogP contribution is -2.34. The molecule has 1 aliphatic rings. The smallest absolute Gasteiger partial charge is 0.0208 e. The van der Waals surface area contributed by atoms with E-state index in [1.807, 2.05) is 0 Å². The largest absolute Gasteiger partial charge is 0.310 e. The summed E-state index contributed by atoms with van der Waals surface area (Å²) in [6.07, 6.45) is 8.48. The van der Waals surface area contributed by atoms with E-state index in [-0.39, 0.29) is 0 Å². The maximum absolute atomic E-state index is 4.20. The highest BCUT2D eigenvalue weighted by Crippen LogP contribution is 2.25. The molecule has 1 nitrogen and oxygen atoms in total. The lowest BCUT2D eigenvalue weighted by molar-refractivity contribution is 0.348. The van der Waals surface area contributed by atoms with Crippen LogP contribution in [0, 0.1) is 5.92 Å². The molecule has 2 rings (SSSR count). The zero-order valence-electron chi connectivity index (χ0n) is 12.2. The van der Waals surface area contributed by atoms with Crippen LogP contribution < -0.4 is 5.32 Å². The molecule has 1 N–H and O–H groups in total. The fourth-order valence-electron chi connectivity index (χ4n) is 3.04. The third-order valence-corrected chi connectivity index (χ3v) is 4.43. The van der Waals surface area contributed by atoms with E-state index < -0.39 is 0 Å². The molecule has 0 aromatic heterocycles. The van der Waals surface area contributed by atoms with Gasteiger partial charge in [-0.25, -0.2) is 0 Å². The molecule has 1 aliphatic carbocycles.